The maximum absolute atomic E-state index is 9.06. The lowest BCUT2D eigenvalue weighted by Gasteiger charge is -2.48. The van der Waals surface area contributed by atoms with Gasteiger partial charge in [0.1, 0.15) is 0 Å². The molecule has 1 aliphatic heterocycles. The predicted molar refractivity (Wildman–Crippen MR) is 35.5 cm³/mol. The molecule has 0 atom stereocenters. The van der Waals surface area contributed by atoms with Crippen molar-refractivity contribution in [2.75, 3.05) is 27.2 Å². The summed E-state index contributed by atoms with van der Waals surface area (Å²) in [5, 5.41) is 10.4. The molecule has 0 radical (unpaired) electrons. The SMILES string of the molecule is CN1CC(C)(N(C)O)C1. The number of likely N-dealkylation sites (N-methyl/N-ethyl adjacent to an activating group) is 2. The van der Waals surface area contributed by atoms with Crippen molar-refractivity contribution in [1.82, 2.24) is 9.96 Å². The number of likely N-dealkylation sites (tertiary alicyclic amines) is 1. The molecule has 1 fully saturated rings. The Morgan fingerprint density at radius 3 is 2.11 bits per heavy atom. The molecule has 0 aliphatic carbocycles. The molecule has 1 aliphatic rings. The van der Waals surface area contributed by atoms with Gasteiger partial charge in [-0.2, -0.15) is 5.06 Å². The zero-order valence-corrected chi connectivity index (χ0v) is 6.26. The third-order valence-corrected chi connectivity index (χ3v) is 2.00. The van der Waals surface area contributed by atoms with E-state index >= 15 is 0 Å². The van der Waals surface area contributed by atoms with Gasteiger partial charge in [0.2, 0.25) is 0 Å². The van der Waals surface area contributed by atoms with Crippen LogP contribution in [0.15, 0.2) is 0 Å². The summed E-state index contributed by atoms with van der Waals surface area (Å²) >= 11 is 0. The first-order valence-electron chi connectivity index (χ1n) is 3.16. The topological polar surface area (TPSA) is 26.7 Å². The van der Waals surface area contributed by atoms with Gasteiger partial charge in [-0.3, -0.25) is 0 Å². The highest BCUT2D eigenvalue weighted by atomic mass is 16.5. The van der Waals surface area contributed by atoms with E-state index in [1.165, 1.54) is 5.06 Å². The van der Waals surface area contributed by atoms with Crippen molar-refractivity contribution in [3.05, 3.63) is 0 Å². The van der Waals surface area contributed by atoms with Crippen LogP contribution in [0.2, 0.25) is 0 Å². The largest absolute Gasteiger partial charge is 0.314 e. The number of rotatable bonds is 1. The standard InChI is InChI=1S/C6H14N2O/c1-6(8(3)9)4-7(2)5-6/h9H,4-5H2,1-3H3. The van der Waals surface area contributed by atoms with E-state index in [-0.39, 0.29) is 5.54 Å². The van der Waals surface area contributed by atoms with E-state index in [1.807, 2.05) is 14.0 Å². The van der Waals surface area contributed by atoms with Gasteiger partial charge in [0.05, 0.1) is 5.54 Å². The molecule has 0 aromatic rings. The Bertz CT molecular complexity index is 108. The molecule has 0 unspecified atom stereocenters. The lowest BCUT2D eigenvalue weighted by atomic mass is 9.93. The van der Waals surface area contributed by atoms with Gasteiger partial charge in [0, 0.05) is 20.1 Å². The number of hydrogen-bond donors (Lipinski definition) is 1. The van der Waals surface area contributed by atoms with E-state index in [0.29, 0.717) is 0 Å². The molecule has 1 heterocycles. The summed E-state index contributed by atoms with van der Waals surface area (Å²) in [6.45, 7) is 3.97. The number of hydroxylamine groups is 2. The second-order valence-electron chi connectivity index (χ2n) is 3.19. The van der Waals surface area contributed by atoms with Gasteiger partial charge in [-0.05, 0) is 14.0 Å². The summed E-state index contributed by atoms with van der Waals surface area (Å²) in [7, 11) is 3.75. The van der Waals surface area contributed by atoms with E-state index < -0.39 is 0 Å². The van der Waals surface area contributed by atoms with Gasteiger partial charge in [0.25, 0.3) is 0 Å². The smallest absolute Gasteiger partial charge is 0.0681 e. The first kappa shape index (κ1) is 6.99. The summed E-state index contributed by atoms with van der Waals surface area (Å²) in [4.78, 5) is 2.17. The highest BCUT2D eigenvalue weighted by molar-refractivity contribution is 4.95. The lowest BCUT2D eigenvalue weighted by molar-refractivity contribution is -0.191. The first-order valence-corrected chi connectivity index (χ1v) is 3.16. The molecule has 0 aromatic carbocycles. The van der Waals surface area contributed by atoms with Gasteiger partial charge >= 0.3 is 0 Å². The Kier molecular flexibility index (Phi) is 1.50. The molecule has 1 saturated heterocycles. The van der Waals surface area contributed by atoms with Gasteiger partial charge in [-0.25, -0.2) is 0 Å². The minimum Gasteiger partial charge on any atom is -0.314 e. The summed E-state index contributed by atoms with van der Waals surface area (Å²) in [5.74, 6) is 0. The quantitative estimate of drug-likeness (QED) is 0.507. The van der Waals surface area contributed by atoms with Crippen LogP contribution in [0, 0.1) is 0 Å². The summed E-state index contributed by atoms with van der Waals surface area (Å²) in [5.41, 5.74) is 0.00868. The second kappa shape index (κ2) is 1.94. The highest BCUT2D eigenvalue weighted by Gasteiger charge is 2.39. The van der Waals surface area contributed by atoms with Crippen LogP contribution in [0.4, 0.5) is 0 Å². The van der Waals surface area contributed by atoms with Crippen molar-refractivity contribution in [1.29, 1.82) is 0 Å². The molecule has 1 rings (SSSR count). The molecule has 54 valence electrons. The van der Waals surface area contributed by atoms with Crippen molar-refractivity contribution >= 4 is 0 Å². The van der Waals surface area contributed by atoms with Crippen LogP contribution < -0.4 is 0 Å². The van der Waals surface area contributed by atoms with Gasteiger partial charge < -0.3 is 10.1 Å². The van der Waals surface area contributed by atoms with Gasteiger partial charge in [-0.1, -0.05) is 0 Å². The summed E-state index contributed by atoms with van der Waals surface area (Å²) in [6.07, 6.45) is 0. The Hall–Kier alpha value is -0.120. The van der Waals surface area contributed by atoms with Crippen LogP contribution in [0.1, 0.15) is 6.92 Å². The van der Waals surface area contributed by atoms with Gasteiger partial charge in [0.15, 0.2) is 0 Å². The molecule has 0 bridgehead atoms. The molecule has 1 N–H and O–H groups in total. The fourth-order valence-corrected chi connectivity index (χ4v) is 1.32. The molecule has 9 heavy (non-hydrogen) atoms. The highest BCUT2D eigenvalue weighted by Crippen LogP contribution is 2.22. The third-order valence-electron chi connectivity index (χ3n) is 2.00. The van der Waals surface area contributed by atoms with Crippen LogP contribution in [0.25, 0.3) is 0 Å². The average molecular weight is 130 g/mol. The van der Waals surface area contributed by atoms with E-state index in [9.17, 15) is 0 Å². The minimum absolute atomic E-state index is 0.00868. The Labute approximate surface area is 55.8 Å². The first-order chi connectivity index (χ1) is 4.04. The minimum atomic E-state index is 0.00868. The van der Waals surface area contributed by atoms with Crippen LogP contribution in [-0.2, 0) is 0 Å². The van der Waals surface area contributed by atoms with Gasteiger partial charge in [-0.15, -0.1) is 0 Å². The third kappa shape index (κ3) is 1.08. The zero-order chi connectivity index (χ0) is 7.07. The maximum Gasteiger partial charge on any atom is 0.0681 e. The molecule has 3 nitrogen and oxygen atoms in total. The number of nitrogens with zero attached hydrogens (tertiary/aromatic N) is 2. The van der Waals surface area contributed by atoms with Crippen molar-refractivity contribution in [3.63, 3.8) is 0 Å². The number of hydrogen-bond acceptors (Lipinski definition) is 3. The monoisotopic (exact) mass is 130 g/mol. The zero-order valence-electron chi connectivity index (χ0n) is 6.26. The molecule has 0 amide bonds. The Morgan fingerprint density at radius 1 is 1.56 bits per heavy atom. The predicted octanol–water partition coefficient (Wildman–Crippen LogP) is 0.0115. The molecule has 0 saturated carbocycles. The van der Waals surface area contributed by atoms with E-state index in [2.05, 4.69) is 4.90 Å². The van der Waals surface area contributed by atoms with Crippen molar-refractivity contribution in [3.8, 4) is 0 Å². The van der Waals surface area contributed by atoms with Crippen LogP contribution in [0.3, 0.4) is 0 Å². The van der Waals surface area contributed by atoms with Crippen molar-refractivity contribution in [2.24, 2.45) is 0 Å². The van der Waals surface area contributed by atoms with Crippen molar-refractivity contribution in [2.45, 2.75) is 12.5 Å². The summed E-state index contributed by atoms with van der Waals surface area (Å²) in [6, 6.07) is 0. The summed E-state index contributed by atoms with van der Waals surface area (Å²) < 4.78 is 0. The maximum atomic E-state index is 9.06. The fraction of sp³-hybridized carbons (Fsp3) is 1.00. The fourth-order valence-electron chi connectivity index (χ4n) is 1.32. The second-order valence-corrected chi connectivity index (χ2v) is 3.19. The van der Waals surface area contributed by atoms with E-state index in [0.717, 1.165) is 13.1 Å². The Morgan fingerprint density at radius 2 is 2.00 bits per heavy atom. The van der Waals surface area contributed by atoms with Crippen LogP contribution in [0.5, 0.6) is 0 Å². The lowest BCUT2D eigenvalue weighted by Crippen LogP contribution is -2.65. The normalized spacial score (nSPS) is 26.3. The van der Waals surface area contributed by atoms with E-state index in [4.69, 9.17) is 5.21 Å². The molecular formula is C6H14N2O. The van der Waals surface area contributed by atoms with Crippen molar-refractivity contribution < 1.29 is 5.21 Å². The molecule has 0 aromatic heterocycles. The van der Waals surface area contributed by atoms with Crippen LogP contribution in [-0.4, -0.2) is 47.9 Å². The average Bonchev–Trinajstić information content (AvgIpc) is 1.62. The van der Waals surface area contributed by atoms with E-state index in [1.54, 1.807) is 7.05 Å². The molecular weight excluding hydrogens is 116 g/mol. The van der Waals surface area contributed by atoms with Crippen LogP contribution >= 0.6 is 0 Å². The molecule has 3 heteroatoms. The Balaban J connectivity index is 2.40. The molecule has 0 spiro atoms.